The number of anilines is 1. The molecule has 126 valence electrons. The Balaban J connectivity index is 1.80. The second-order valence-electron chi connectivity index (χ2n) is 5.93. The van der Waals surface area contributed by atoms with Crippen molar-refractivity contribution in [2.75, 3.05) is 38.1 Å². The molecule has 0 atom stereocenters. The molecule has 1 fully saturated rings. The summed E-state index contributed by atoms with van der Waals surface area (Å²) in [5.41, 5.74) is 1.82. The number of benzene rings is 1. The summed E-state index contributed by atoms with van der Waals surface area (Å²) in [4.78, 5) is 13.3. The smallest absolute Gasteiger partial charge is 0.238 e. The maximum atomic E-state index is 7.82. The minimum absolute atomic E-state index is 0.680. The van der Waals surface area contributed by atoms with Crippen LogP contribution in [0.4, 0.5) is 11.6 Å². The second kappa shape index (κ2) is 7.70. The molecule has 6 nitrogen and oxygen atoms in total. The molecule has 2 heterocycles. The highest BCUT2D eigenvalue weighted by Gasteiger charge is 2.21. The number of quaternary nitrogens is 1. The van der Waals surface area contributed by atoms with Gasteiger partial charge in [-0.05, 0) is 13.1 Å². The van der Waals surface area contributed by atoms with Crippen molar-refractivity contribution >= 4 is 29.5 Å². The van der Waals surface area contributed by atoms with Crippen molar-refractivity contribution < 1.29 is 5.32 Å². The lowest BCUT2D eigenvalue weighted by atomic mass is 10.2. The third kappa shape index (κ3) is 3.72. The van der Waals surface area contributed by atoms with E-state index in [1.54, 1.807) is 6.33 Å². The summed E-state index contributed by atoms with van der Waals surface area (Å²) in [6, 6.07) is 7.79. The monoisotopic (exact) mass is 345 g/mol. The molecule has 0 aliphatic carbocycles. The second-order valence-corrected chi connectivity index (χ2v) is 6.34. The van der Waals surface area contributed by atoms with Gasteiger partial charge >= 0.3 is 0 Å². The predicted molar refractivity (Wildman–Crippen MR) is 96.4 cm³/mol. The number of nitrogens with one attached hydrogen (secondary N) is 1. The van der Waals surface area contributed by atoms with Gasteiger partial charge in [-0.1, -0.05) is 29.8 Å². The number of nitrogens with zero attached hydrogens (tertiary/aromatic N) is 4. The standard InChI is InChI=1S/C17H21ClN6/c1-23-6-8-24(9-7-23)17-14(10-19)16(21-12-22-17)20-11-13-4-2-3-5-15(13)18/h2-5,10,12,19H,6-9,11H2,1H3,(H,20,21,22)/p+1. The fourth-order valence-corrected chi connectivity index (χ4v) is 3.05. The number of nitrogens with two attached hydrogens (primary N) is 1. The zero-order valence-corrected chi connectivity index (χ0v) is 14.5. The molecule has 0 bridgehead atoms. The summed E-state index contributed by atoms with van der Waals surface area (Å²) in [6.45, 7) is 4.51. The lowest BCUT2D eigenvalue weighted by molar-refractivity contribution is -0.592. The number of rotatable bonds is 5. The van der Waals surface area contributed by atoms with Gasteiger partial charge in [0.1, 0.15) is 24.3 Å². The van der Waals surface area contributed by atoms with E-state index in [1.165, 1.54) is 6.21 Å². The molecule has 24 heavy (non-hydrogen) atoms. The summed E-state index contributed by atoms with van der Waals surface area (Å²) < 4.78 is 0. The van der Waals surface area contributed by atoms with Crippen LogP contribution in [0.5, 0.6) is 0 Å². The van der Waals surface area contributed by atoms with Crippen LogP contribution in [0.15, 0.2) is 30.6 Å². The zero-order chi connectivity index (χ0) is 16.9. The molecule has 0 radical (unpaired) electrons. The number of hydrogen-bond acceptors (Lipinski definition) is 5. The average molecular weight is 346 g/mol. The minimum Gasteiger partial charge on any atom is -0.353 e. The van der Waals surface area contributed by atoms with Gasteiger partial charge < -0.3 is 15.2 Å². The van der Waals surface area contributed by atoms with Crippen LogP contribution in [-0.2, 0) is 6.54 Å². The van der Waals surface area contributed by atoms with E-state index in [0.29, 0.717) is 6.54 Å². The van der Waals surface area contributed by atoms with Crippen molar-refractivity contribution in [3.05, 3.63) is 46.7 Å². The highest BCUT2D eigenvalue weighted by molar-refractivity contribution is 6.31. The van der Waals surface area contributed by atoms with Gasteiger partial charge in [0.2, 0.25) is 5.82 Å². The summed E-state index contributed by atoms with van der Waals surface area (Å²) in [5, 5.41) is 10.6. The molecule has 0 unspecified atom stereocenters. The third-order valence-electron chi connectivity index (χ3n) is 4.31. The largest absolute Gasteiger partial charge is 0.353 e. The molecule has 2 aromatic rings. The van der Waals surface area contributed by atoms with Gasteiger partial charge in [-0.25, -0.2) is 4.98 Å². The predicted octanol–water partition coefficient (Wildman–Crippen LogP) is 1.27. The highest BCUT2D eigenvalue weighted by Crippen LogP contribution is 2.20. The van der Waals surface area contributed by atoms with Crippen molar-refractivity contribution in [2.24, 2.45) is 0 Å². The fourth-order valence-electron chi connectivity index (χ4n) is 2.84. The molecule has 3 N–H and O–H groups in total. The van der Waals surface area contributed by atoms with Crippen LogP contribution in [0, 0.1) is 5.41 Å². The quantitative estimate of drug-likeness (QED) is 0.801. The first-order chi connectivity index (χ1) is 11.7. The van der Waals surface area contributed by atoms with Gasteiger partial charge in [0.05, 0.1) is 0 Å². The number of hydrogen-bond donors (Lipinski definition) is 2. The van der Waals surface area contributed by atoms with E-state index < -0.39 is 0 Å². The number of likely N-dealkylation sites (N-methyl/N-ethyl adjacent to an activating group) is 1. The number of halogens is 1. The van der Waals surface area contributed by atoms with Crippen LogP contribution in [0.3, 0.4) is 0 Å². The van der Waals surface area contributed by atoms with Crippen LogP contribution >= 0.6 is 11.6 Å². The Morgan fingerprint density at radius 2 is 1.96 bits per heavy atom. The highest BCUT2D eigenvalue weighted by atomic mass is 35.5. The molecule has 0 amide bonds. The molecule has 3 rings (SSSR count). The summed E-state index contributed by atoms with van der Waals surface area (Å²) >= 11 is 6.22. The van der Waals surface area contributed by atoms with E-state index in [0.717, 1.165) is 54.0 Å². The molecule has 1 aromatic heterocycles. The third-order valence-corrected chi connectivity index (χ3v) is 4.68. The summed E-state index contributed by atoms with van der Waals surface area (Å²) in [5.74, 6) is 1.63. The molecule has 1 aliphatic rings. The van der Waals surface area contributed by atoms with Gasteiger partial charge in [-0.3, -0.25) is 5.32 Å². The lowest BCUT2D eigenvalue weighted by Crippen LogP contribution is -2.77. The number of piperazine rings is 1. The van der Waals surface area contributed by atoms with E-state index in [1.807, 2.05) is 29.6 Å². The molecule has 1 aliphatic heterocycles. The van der Waals surface area contributed by atoms with Crippen molar-refractivity contribution in [3.8, 4) is 0 Å². The summed E-state index contributed by atoms with van der Waals surface area (Å²) in [6.07, 6.45) is 2.94. The molecule has 7 heteroatoms. The van der Waals surface area contributed by atoms with Crippen molar-refractivity contribution in [1.82, 2.24) is 14.9 Å². The normalized spacial score (nSPS) is 15.5. The van der Waals surface area contributed by atoms with Gasteiger partial charge in [0.15, 0.2) is 0 Å². The van der Waals surface area contributed by atoms with E-state index in [2.05, 4.69) is 26.8 Å². The van der Waals surface area contributed by atoms with Gasteiger partial charge in [0, 0.05) is 43.0 Å². The topological polar surface area (TPSA) is 72.7 Å². The Hall–Kier alpha value is -2.02. The average Bonchev–Trinajstić information content (AvgIpc) is 2.61. The lowest BCUT2D eigenvalue weighted by Gasteiger charge is -2.33. The Kier molecular flexibility index (Phi) is 5.40. The first-order valence-electron chi connectivity index (χ1n) is 8.04. The zero-order valence-electron chi connectivity index (χ0n) is 13.7. The van der Waals surface area contributed by atoms with Gasteiger partial charge in [-0.15, -0.1) is 0 Å². The van der Waals surface area contributed by atoms with Crippen LogP contribution in [-0.4, -0.2) is 54.3 Å². The Labute approximate surface area is 147 Å². The van der Waals surface area contributed by atoms with E-state index in [-0.39, 0.29) is 0 Å². The van der Waals surface area contributed by atoms with Crippen LogP contribution in [0.2, 0.25) is 5.02 Å². The van der Waals surface area contributed by atoms with Gasteiger partial charge in [-0.2, -0.15) is 4.98 Å². The maximum absolute atomic E-state index is 7.82. The van der Waals surface area contributed by atoms with Crippen LogP contribution in [0.25, 0.3) is 0 Å². The molecular weight excluding hydrogens is 324 g/mol. The SMILES string of the molecule is CN1CCN(c2ncnc([NH2+]Cc3ccccc3Cl)c2C=N)CC1. The minimum atomic E-state index is 0.680. The van der Waals surface area contributed by atoms with Crippen molar-refractivity contribution in [3.63, 3.8) is 0 Å². The van der Waals surface area contributed by atoms with E-state index in [9.17, 15) is 0 Å². The van der Waals surface area contributed by atoms with Gasteiger partial charge in [0.25, 0.3) is 0 Å². The molecule has 1 aromatic carbocycles. The molecule has 1 saturated heterocycles. The fraction of sp³-hybridized carbons (Fsp3) is 0.353. The molecule has 0 saturated carbocycles. The molecule has 0 spiro atoms. The maximum Gasteiger partial charge on any atom is 0.238 e. The Morgan fingerprint density at radius 3 is 2.67 bits per heavy atom. The first-order valence-corrected chi connectivity index (χ1v) is 8.42. The van der Waals surface area contributed by atoms with Crippen LogP contribution < -0.4 is 10.2 Å². The van der Waals surface area contributed by atoms with E-state index >= 15 is 0 Å². The Bertz CT molecular complexity index is 712. The molecular formula is C17H22ClN6+. The first kappa shape index (κ1) is 16.8. The Morgan fingerprint density at radius 1 is 1.21 bits per heavy atom. The van der Waals surface area contributed by atoms with Crippen molar-refractivity contribution in [2.45, 2.75) is 6.54 Å². The van der Waals surface area contributed by atoms with Crippen molar-refractivity contribution in [1.29, 1.82) is 5.41 Å². The summed E-state index contributed by atoms with van der Waals surface area (Å²) in [7, 11) is 2.12. The van der Waals surface area contributed by atoms with E-state index in [4.69, 9.17) is 17.0 Å². The number of aromatic nitrogens is 2. The van der Waals surface area contributed by atoms with Crippen LogP contribution in [0.1, 0.15) is 11.1 Å².